The second kappa shape index (κ2) is 8.48. The molecule has 0 atom stereocenters. The molecule has 0 unspecified atom stereocenters. The fourth-order valence-electron chi connectivity index (χ4n) is 2.13. The normalized spacial score (nSPS) is 10.2. The zero-order valence-electron chi connectivity index (χ0n) is 13.6. The van der Waals surface area contributed by atoms with Crippen LogP contribution in [0.4, 0.5) is 5.69 Å². The topological polar surface area (TPSA) is 47.6 Å². The summed E-state index contributed by atoms with van der Waals surface area (Å²) in [5, 5.41) is 2.94. The summed E-state index contributed by atoms with van der Waals surface area (Å²) in [6.45, 7) is 4.88. The van der Waals surface area contributed by atoms with Gasteiger partial charge in [-0.25, -0.2) is 0 Å². The molecule has 0 aliphatic rings. The predicted molar refractivity (Wildman–Crippen MR) is 95.0 cm³/mol. The lowest BCUT2D eigenvalue weighted by Gasteiger charge is -2.13. The molecule has 2 rings (SSSR count). The number of anilines is 1. The zero-order valence-corrected chi connectivity index (χ0v) is 14.4. The molecule has 4 nitrogen and oxygen atoms in total. The van der Waals surface area contributed by atoms with Gasteiger partial charge in [-0.3, -0.25) is 4.79 Å². The lowest BCUT2D eigenvalue weighted by Crippen LogP contribution is -2.13. The molecule has 0 spiro atoms. The van der Waals surface area contributed by atoms with Gasteiger partial charge >= 0.3 is 0 Å². The van der Waals surface area contributed by atoms with Crippen LogP contribution in [0.1, 0.15) is 24.2 Å². The number of carbonyl (C=O) groups excluding carboxylic acids is 1. The van der Waals surface area contributed by atoms with Crippen molar-refractivity contribution in [2.24, 2.45) is 0 Å². The number of amides is 1. The Hall–Kier alpha value is -2.14. The van der Waals surface area contributed by atoms with E-state index in [1.54, 1.807) is 30.0 Å². The summed E-state index contributed by atoms with van der Waals surface area (Å²) in [5.74, 6) is 1.06. The highest BCUT2D eigenvalue weighted by molar-refractivity contribution is 7.98. The average molecular weight is 331 g/mol. The van der Waals surface area contributed by atoms with Crippen LogP contribution in [0.5, 0.6) is 11.5 Å². The van der Waals surface area contributed by atoms with Crippen LogP contribution in [-0.4, -0.2) is 25.4 Å². The van der Waals surface area contributed by atoms with Crippen molar-refractivity contribution in [2.75, 3.05) is 24.8 Å². The average Bonchev–Trinajstić information content (AvgIpc) is 2.57. The van der Waals surface area contributed by atoms with E-state index in [1.165, 1.54) is 0 Å². The molecule has 0 fully saturated rings. The van der Waals surface area contributed by atoms with Crippen LogP contribution < -0.4 is 14.8 Å². The molecular weight excluding hydrogens is 310 g/mol. The van der Waals surface area contributed by atoms with Gasteiger partial charge in [0.25, 0.3) is 5.91 Å². The van der Waals surface area contributed by atoms with Gasteiger partial charge in [-0.2, -0.15) is 0 Å². The Kier molecular flexibility index (Phi) is 6.35. The van der Waals surface area contributed by atoms with Gasteiger partial charge < -0.3 is 14.8 Å². The molecule has 0 saturated heterocycles. The number of rotatable bonds is 7. The highest BCUT2D eigenvalue weighted by atomic mass is 32.2. The molecule has 0 saturated carbocycles. The molecule has 2 aromatic carbocycles. The van der Waals surface area contributed by atoms with Crippen LogP contribution in [0.3, 0.4) is 0 Å². The summed E-state index contributed by atoms with van der Waals surface area (Å²) >= 11 is 1.59. The molecule has 0 aliphatic carbocycles. The van der Waals surface area contributed by atoms with E-state index in [0.717, 1.165) is 10.6 Å². The van der Waals surface area contributed by atoms with E-state index < -0.39 is 0 Å². The van der Waals surface area contributed by atoms with Crippen molar-refractivity contribution in [3.63, 3.8) is 0 Å². The van der Waals surface area contributed by atoms with Crippen LogP contribution in [0, 0.1) is 0 Å². The van der Waals surface area contributed by atoms with Crippen LogP contribution in [0.15, 0.2) is 47.4 Å². The first-order valence-corrected chi connectivity index (χ1v) is 8.76. The van der Waals surface area contributed by atoms with Gasteiger partial charge in [-0.15, -0.1) is 11.8 Å². The van der Waals surface area contributed by atoms with E-state index in [0.29, 0.717) is 30.3 Å². The van der Waals surface area contributed by atoms with Gasteiger partial charge in [0.2, 0.25) is 0 Å². The summed E-state index contributed by atoms with van der Waals surface area (Å²) in [4.78, 5) is 13.5. The molecule has 2 aromatic rings. The third kappa shape index (κ3) is 4.42. The molecule has 23 heavy (non-hydrogen) atoms. The molecule has 122 valence electrons. The van der Waals surface area contributed by atoms with Crippen molar-refractivity contribution in [1.29, 1.82) is 0 Å². The monoisotopic (exact) mass is 331 g/mol. The molecule has 0 radical (unpaired) electrons. The lowest BCUT2D eigenvalue weighted by molar-refractivity contribution is 0.102. The number of nitrogens with one attached hydrogen (secondary N) is 1. The first-order valence-electron chi connectivity index (χ1n) is 7.53. The van der Waals surface area contributed by atoms with Gasteiger partial charge in [0.05, 0.1) is 18.9 Å². The van der Waals surface area contributed by atoms with Gasteiger partial charge in [0.1, 0.15) is 0 Å². The van der Waals surface area contributed by atoms with E-state index >= 15 is 0 Å². The Balaban J connectivity index is 2.23. The highest BCUT2D eigenvalue weighted by Gasteiger charge is 2.13. The van der Waals surface area contributed by atoms with E-state index in [-0.39, 0.29) is 5.91 Å². The first kappa shape index (κ1) is 17.2. The summed E-state index contributed by atoms with van der Waals surface area (Å²) < 4.78 is 11.1. The SMILES string of the molecule is CCOc1ccc(C(=O)Nc2ccccc2SC)cc1OCC. The van der Waals surface area contributed by atoms with Crippen molar-refractivity contribution in [3.05, 3.63) is 48.0 Å². The Labute approximate surface area is 141 Å². The van der Waals surface area contributed by atoms with E-state index in [1.807, 2.05) is 44.4 Å². The molecule has 1 amide bonds. The van der Waals surface area contributed by atoms with Gasteiger partial charge in [0, 0.05) is 10.5 Å². The van der Waals surface area contributed by atoms with Crippen molar-refractivity contribution >= 4 is 23.4 Å². The minimum atomic E-state index is -0.171. The second-order valence-electron chi connectivity index (χ2n) is 4.68. The Morgan fingerprint density at radius 1 is 1.04 bits per heavy atom. The van der Waals surface area contributed by atoms with Crippen molar-refractivity contribution in [1.82, 2.24) is 0 Å². The summed E-state index contributed by atoms with van der Waals surface area (Å²) in [6.07, 6.45) is 1.98. The Morgan fingerprint density at radius 2 is 1.74 bits per heavy atom. The van der Waals surface area contributed by atoms with E-state index in [9.17, 15) is 4.79 Å². The largest absolute Gasteiger partial charge is 0.490 e. The van der Waals surface area contributed by atoms with Crippen molar-refractivity contribution in [3.8, 4) is 11.5 Å². The van der Waals surface area contributed by atoms with Gasteiger partial charge in [0.15, 0.2) is 11.5 Å². The number of hydrogen-bond donors (Lipinski definition) is 1. The third-order valence-corrected chi connectivity index (χ3v) is 3.96. The van der Waals surface area contributed by atoms with E-state index in [2.05, 4.69) is 5.32 Å². The van der Waals surface area contributed by atoms with Crippen LogP contribution in [-0.2, 0) is 0 Å². The van der Waals surface area contributed by atoms with Gasteiger partial charge in [-0.1, -0.05) is 12.1 Å². The van der Waals surface area contributed by atoms with Crippen LogP contribution >= 0.6 is 11.8 Å². The maximum Gasteiger partial charge on any atom is 0.255 e. The predicted octanol–water partition coefficient (Wildman–Crippen LogP) is 4.46. The molecule has 1 N–H and O–H groups in total. The quantitative estimate of drug-likeness (QED) is 0.761. The standard InChI is InChI=1S/C18H21NO3S/c1-4-21-15-11-10-13(12-16(15)22-5-2)18(20)19-14-8-6-7-9-17(14)23-3/h6-12H,4-5H2,1-3H3,(H,19,20). The van der Waals surface area contributed by atoms with Gasteiger partial charge in [-0.05, 0) is 50.4 Å². The maximum absolute atomic E-state index is 12.5. The fourth-order valence-corrected chi connectivity index (χ4v) is 2.69. The highest BCUT2D eigenvalue weighted by Crippen LogP contribution is 2.30. The zero-order chi connectivity index (χ0) is 16.7. The fraction of sp³-hybridized carbons (Fsp3) is 0.278. The molecule has 0 aliphatic heterocycles. The number of thioether (sulfide) groups is 1. The molecule has 5 heteroatoms. The summed E-state index contributed by atoms with van der Waals surface area (Å²) in [6, 6.07) is 12.9. The Bertz CT molecular complexity index is 673. The molecule has 0 heterocycles. The number of benzene rings is 2. The minimum absolute atomic E-state index is 0.171. The van der Waals surface area contributed by atoms with Crippen LogP contribution in [0.25, 0.3) is 0 Å². The summed E-state index contributed by atoms with van der Waals surface area (Å²) in [5.41, 5.74) is 1.34. The first-order chi connectivity index (χ1) is 11.2. The summed E-state index contributed by atoms with van der Waals surface area (Å²) in [7, 11) is 0. The number of para-hydroxylation sites is 1. The van der Waals surface area contributed by atoms with Crippen LogP contribution in [0.2, 0.25) is 0 Å². The molecular formula is C18H21NO3S. The van der Waals surface area contributed by atoms with Crippen molar-refractivity contribution < 1.29 is 14.3 Å². The maximum atomic E-state index is 12.5. The van der Waals surface area contributed by atoms with Crippen molar-refractivity contribution in [2.45, 2.75) is 18.7 Å². The molecule has 0 aromatic heterocycles. The third-order valence-electron chi connectivity index (χ3n) is 3.16. The minimum Gasteiger partial charge on any atom is -0.490 e. The van der Waals surface area contributed by atoms with E-state index in [4.69, 9.17) is 9.47 Å². The second-order valence-corrected chi connectivity index (χ2v) is 5.53. The number of ether oxygens (including phenoxy) is 2. The number of carbonyl (C=O) groups is 1. The smallest absolute Gasteiger partial charge is 0.255 e. The lowest BCUT2D eigenvalue weighted by atomic mass is 10.2. The molecule has 0 bridgehead atoms. The number of hydrogen-bond acceptors (Lipinski definition) is 4. The Morgan fingerprint density at radius 3 is 2.43 bits per heavy atom.